The van der Waals surface area contributed by atoms with Crippen LogP contribution < -0.4 is 5.32 Å². The Labute approximate surface area is 113 Å². The lowest BCUT2D eigenvalue weighted by atomic mass is 10.1. The number of hydrogen-bond acceptors (Lipinski definition) is 2. The Morgan fingerprint density at radius 2 is 2.00 bits per heavy atom. The van der Waals surface area contributed by atoms with Gasteiger partial charge < -0.3 is 5.32 Å². The van der Waals surface area contributed by atoms with E-state index in [1.54, 1.807) is 16.9 Å². The van der Waals surface area contributed by atoms with Gasteiger partial charge in [0.2, 0.25) is 0 Å². The average molecular weight is 261 g/mol. The summed E-state index contributed by atoms with van der Waals surface area (Å²) >= 11 is 0. The van der Waals surface area contributed by atoms with E-state index in [9.17, 15) is 4.39 Å². The Morgan fingerprint density at radius 1 is 1.26 bits per heavy atom. The summed E-state index contributed by atoms with van der Waals surface area (Å²) in [6, 6.07) is 6.95. The van der Waals surface area contributed by atoms with Crippen LogP contribution in [0.3, 0.4) is 0 Å². The number of nitrogens with zero attached hydrogens (tertiary/aromatic N) is 2. The Bertz CT molecular complexity index is 547. The van der Waals surface area contributed by atoms with E-state index in [0.29, 0.717) is 12.2 Å². The number of para-hydroxylation sites is 1. The van der Waals surface area contributed by atoms with Crippen molar-refractivity contribution in [3.8, 4) is 5.69 Å². The number of halogens is 1. The molecule has 0 unspecified atom stereocenters. The van der Waals surface area contributed by atoms with Crippen LogP contribution in [-0.2, 0) is 6.54 Å². The summed E-state index contributed by atoms with van der Waals surface area (Å²) in [5.74, 6) is -0.251. The van der Waals surface area contributed by atoms with Crippen molar-refractivity contribution in [2.45, 2.75) is 39.8 Å². The third kappa shape index (κ3) is 3.41. The molecule has 1 aromatic heterocycles. The molecule has 4 heteroatoms. The molecule has 0 saturated carbocycles. The van der Waals surface area contributed by atoms with Crippen molar-refractivity contribution in [2.24, 2.45) is 0 Å². The van der Waals surface area contributed by atoms with Gasteiger partial charge in [-0.05, 0) is 45.4 Å². The molecular formula is C15H20FN3. The van der Waals surface area contributed by atoms with Gasteiger partial charge in [-0.2, -0.15) is 5.10 Å². The highest BCUT2D eigenvalue weighted by Crippen LogP contribution is 2.17. The van der Waals surface area contributed by atoms with Crippen LogP contribution in [0.1, 0.15) is 32.0 Å². The van der Waals surface area contributed by atoms with Crippen LogP contribution in [0.4, 0.5) is 4.39 Å². The molecule has 0 aliphatic carbocycles. The first-order valence-corrected chi connectivity index (χ1v) is 6.42. The van der Waals surface area contributed by atoms with Crippen LogP contribution in [0.2, 0.25) is 0 Å². The van der Waals surface area contributed by atoms with Crippen molar-refractivity contribution < 1.29 is 4.39 Å². The quantitative estimate of drug-likeness (QED) is 0.919. The molecule has 2 aromatic rings. The number of nitrogens with one attached hydrogen (secondary N) is 1. The second kappa shape index (κ2) is 5.13. The van der Waals surface area contributed by atoms with Crippen molar-refractivity contribution in [3.63, 3.8) is 0 Å². The van der Waals surface area contributed by atoms with E-state index in [-0.39, 0.29) is 11.4 Å². The van der Waals surface area contributed by atoms with Crippen LogP contribution in [0.5, 0.6) is 0 Å². The summed E-state index contributed by atoms with van der Waals surface area (Å²) in [4.78, 5) is 0. The highest BCUT2D eigenvalue weighted by atomic mass is 19.1. The number of benzene rings is 1. The molecule has 0 bridgehead atoms. The predicted molar refractivity (Wildman–Crippen MR) is 74.9 cm³/mol. The lowest BCUT2D eigenvalue weighted by Gasteiger charge is -2.19. The molecule has 1 N–H and O–H groups in total. The van der Waals surface area contributed by atoms with Gasteiger partial charge in [0.15, 0.2) is 0 Å². The zero-order valence-electron chi connectivity index (χ0n) is 11.9. The molecule has 0 aliphatic heterocycles. The molecule has 0 spiro atoms. The van der Waals surface area contributed by atoms with Crippen molar-refractivity contribution in [2.75, 3.05) is 0 Å². The minimum absolute atomic E-state index is 0.0394. The Balaban J connectivity index is 2.22. The van der Waals surface area contributed by atoms with Crippen molar-refractivity contribution in [1.29, 1.82) is 0 Å². The lowest BCUT2D eigenvalue weighted by molar-refractivity contribution is 0.420. The fraction of sp³-hybridized carbons (Fsp3) is 0.400. The molecule has 2 rings (SSSR count). The summed E-state index contributed by atoms with van der Waals surface area (Å²) in [6.45, 7) is 8.86. The summed E-state index contributed by atoms with van der Waals surface area (Å²) < 4.78 is 15.4. The van der Waals surface area contributed by atoms with E-state index < -0.39 is 0 Å². The Morgan fingerprint density at radius 3 is 2.63 bits per heavy atom. The van der Waals surface area contributed by atoms with Gasteiger partial charge in [0.1, 0.15) is 11.5 Å². The highest BCUT2D eigenvalue weighted by Gasteiger charge is 2.12. The molecule has 0 amide bonds. The van der Waals surface area contributed by atoms with Gasteiger partial charge in [-0.25, -0.2) is 9.07 Å². The third-order valence-electron chi connectivity index (χ3n) is 2.86. The maximum Gasteiger partial charge on any atom is 0.149 e. The molecule has 102 valence electrons. The fourth-order valence-corrected chi connectivity index (χ4v) is 1.85. The van der Waals surface area contributed by atoms with Crippen LogP contribution in [-0.4, -0.2) is 15.3 Å². The second-order valence-corrected chi connectivity index (χ2v) is 5.76. The average Bonchev–Trinajstić information content (AvgIpc) is 2.74. The molecule has 1 aromatic carbocycles. The monoisotopic (exact) mass is 261 g/mol. The third-order valence-corrected chi connectivity index (χ3v) is 2.86. The van der Waals surface area contributed by atoms with Crippen molar-refractivity contribution in [1.82, 2.24) is 15.1 Å². The van der Waals surface area contributed by atoms with Crippen molar-refractivity contribution >= 4 is 0 Å². The van der Waals surface area contributed by atoms with Gasteiger partial charge in [-0.3, -0.25) is 0 Å². The highest BCUT2D eigenvalue weighted by molar-refractivity contribution is 5.40. The maximum absolute atomic E-state index is 13.8. The molecule has 0 fully saturated rings. The maximum atomic E-state index is 13.8. The zero-order valence-corrected chi connectivity index (χ0v) is 11.9. The van der Waals surface area contributed by atoms with Gasteiger partial charge >= 0.3 is 0 Å². The van der Waals surface area contributed by atoms with E-state index in [2.05, 4.69) is 31.2 Å². The van der Waals surface area contributed by atoms with Gasteiger partial charge in [0.05, 0.1) is 5.69 Å². The van der Waals surface area contributed by atoms with E-state index in [4.69, 9.17) is 0 Å². The van der Waals surface area contributed by atoms with E-state index in [1.807, 2.05) is 19.1 Å². The van der Waals surface area contributed by atoms with Gasteiger partial charge in [0, 0.05) is 18.3 Å². The fourth-order valence-electron chi connectivity index (χ4n) is 1.85. The molecular weight excluding hydrogens is 241 g/mol. The number of aromatic nitrogens is 2. The standard InChI is InChI=1S/C15H20FN3/c1-11-6-5-7-13(16)14(11)19-9-8-12(18-19)10-17-15(2,3)4/h5-9,17H,10H2,1-4H3. The SMILES string of the molecule is Cc1cccc(F)c1-n1ccc(CNC(C)(C)C)n1. The molecule has 19 heavy (non-hydrogen) atoms. The molecule has 0 aliphatic rings. The van der Waals surface area contributed by atoms with E-state index in [1.165, 1.54) is 6.07 Å². The lowest BCUT2D eigenvalue weighted by Crippen LogP contribution is -2.35. The number of hydrogen-bond donors (Lipinski definition) is 1. The van der Waals surface area contributed by atoms with E-state index in [0.717, 1.165) is 11.3 Å². The topological polar surface area (TPSA) is 29.9 Å². The predicted octanol–water partition coefficient (Wildman–Crippen LogP) is 3.21. The normalized spacial score (nSPS) is 11.8. The summed E-state index contributed by atoms with van der Waals surface area (Å²) in [6.07, 6.45) is 1.80. The van der Waals surface area contributed by atoms with Gasteiger partial charge in [0.25, 0.3) is 0 Å². The van der Waals surface area contributed by atoms with E-state index >= 15 is 0 Å². The molecule has 0 atom stereocenters. The van der Waals surface area contributed by atoms with Crippen molar-refractivity contribution in [3.05, 3.63) is 47.5 Å². The minimum Gasteiger partial charge on any atom is -0.306 e. The van der Waals surface area contributed by atoms with Gasteiger partial charge in [-0.15, -0.1) is 0 Å². The number of aryl methyl sites for hydroxylation is 1. The number of rotatable bonds is 3. The largest absolute Gasteiger partial charge is 0.306 e. The molecule has 3 nitrogen and oxygen atoms in total. The smallest absolute Gasteiger partial charge is 0.149 e. The second-order valence-electron chi connectivity index (χ2n) is 5.76. The first-order valence-electron chi connectivity index (χ1n) is 6.42. The molecule has 0 saturated heterocycles. The molecule has 1 heterocycles. The van der Waals surface area contributed by atoms with Crippen LogP contribution in [0.15, 0.2) is 30.5 Å². The van der Waals surface area contributed by atoms with Crippen LogP contribution >= 0.6 is 0 Å². The first kappa shape index (κ1) is 13.7. The van der Waals surface area contributed by atoms with Crippen LogP contribution in [0.25, 0.3) is 5.69 Å². The Kier molecular flexibility index (Phi) is 3.71. The Hall–Kier alpha value is -1.68. The zero-order chi connectivity index (χ0) is 14.0. The van der Waals surface area contributed by atoms with Crippen LogP contribution in [0, 0.1) is 12.7 Å². The first-order chi connectivity index (χ1) is 8.87. The summed E-state index contributed by atoms with van der Waals surface area (Å²) in [5.41, 5.74) is 2.33. The summed E-state index contributed by atoms with van der Waals surface area (Å²) in [7, 11) is 0. The van der Waals surface area contributed by atoms with Gasteiger partial charge in [-0.1, -0.05) is 12.1 Å². The minimum atomic E-state index is -0.251. The summed E-state index contributed by atoms with van der Waals surface area (Å²) in [5, 5.41) is 7.78. The molecule has 0 radical (unpaired) electrons.